The van der Waals surface area contributed by atoms with Crippen molar-refractivity contribution in [1.82, 2.24) is 14.3 Å². The lowest BCUT2D eigenvalue weighted by molar-refractivity contribution is 0.382. The minimum absolute atomic E-state index is 0.391. The molecule has 8 heteroatoms. The molecule has 1 aromatic heterocycles. The van der Waals surface area contributed by atoms with Gasteiger partial charge in [0.05, 0.1) is 4.90 Å². The molecule has 1 aliphatic heterocycles. The van der Waals surface area contributed by atoms with Crippen LogP contribution in [-0.4, -0.2) is 48.9 Å². The van der Waals surface area contributed by atoms with Crippen molar-refractivity contribution in [3.8, 4) is 0 Å². The SMILES string of the molecule is Cc1ccc(Nc2cc(C)nc(N3CCN(S(=O)(=O)c4cc(C)ccc4C)CC3)n2)cc1. The summed E-state index contributed by atoms with van der Waals surface area (Å²) in [5.41, 5.74) is 4.73. The second kappa shape index (κ2) is 8.88. The molecule has 1 N–H and O–H groups in total. The van der Waals surface area contributed by atoms with Crippen LogP contribution in [-0.2, 0) is 10.0 Å². The predicted octanol–water partition coefficient (Wildman–Crippen LogP) is 3.96. The zero-order chi connectivity index (χ0) is 22.9. The summed E-state index contributed by atoms with van der Waals surface area (Å²) in [6.07, 6.45) is 0. The van der Waals surface area contributed by atoms with Gasteiger partial charge in [0.2, 0.25) is 16.0 Å². The van der Waals surface area contributed by atoms with E-state index in [9.17, 15) is 8.42 Å². The molecule has 0 radical (unpaired) electrons. The number of piperazine rings is 1. The van der Waals surface area contributed by atoms with Gasteiger partial charge in [0.25, 0.3) is 0 Å². The van der Waals surface area contributed by atoms with Crippen LogP contribution in [0.25, 0.3) is 0 Å². The molecule has 0 saturated carbocycles. The molecule has 0 atom stereocenters. The summed E-state index contributed by atoms with van der Waals surface area (Å²) in [7, 11) is -3.53. The summed E-state index contributed by atoms with van der Waals surface area (Å²) in [4.78, 5) is 11.7. The molecule has 2 heterocycles. The number of nitrogens with zero attached hydrogens (tertiary/aromatic N) is 4. The molecule has 32 heavy (non-hydrogen) atoms. The van der Waals surface area contributed by atoms with Crippen molar-refractivity contribution in [2.24, 2.45) is 0 Å². The number of aromatic nitrogens is 2. The molecule has 0 bridgehead atoms. The van der Waals surface area contributed by atoms with Crippen molar-refractivity contribution in [2.75, 3.05) is 36.4 Å². The number of sulfonamides is 1. The van der Waals surface area contributed by atoms with Crippen molar-refractivity contribution in [3.05, 3.63) is 70.9 Å². The first kappa shape index (κ1) is 22.2. The predicted molar refractivity (Wildman–Crippen MR) is 128 cm³/mol. The summed E-state index contributed by atoms with van der Waals surface area (Å²) >= 11 is 0. The molecule has 0 aliphatic carbocycles. The Kier molecular flexibility index (Phi) is 6.17. The van der Waals surface area contributed by atoms with E-state index in [1.165, 1.54) is 5.56 Å². The van der Waals surface area contributed by atoms with Gasteiger partial charge in [-0.2, -0.15) is 9.29 Å². The Bertz CT molecular complexity index is 1220. The van der Waals surface area contributed by atoms with Crippen LogP contribution in [0.1, 0.15) is 22.4 Å². The van der Waals surface area contributed by atoms with Crippen LogP contribution < -0.4 is 10.2 Å². The molecule has 168 valence electrons. The summed E-state index contributed by atoms with van der Waals surface area (Å²) < 4.78 is 28.0. The van der Waals surface area contributed by atoms with Crippen LogP contribution in [0.5, 0.6) is 0 Å². The zero-order valence-electron chi connectivity index (χ0n) is 19.0. The lowest BCUT2D eigenvalue weighted by Gasteiger charge is -2.34. The maximum atomic E-state index is 13.2. The van der Waals surface area contributed by atoms with E-state index in [0.717, 1.165) is 28.3 Å². The van der Waals surface area contributed by atoms with Gasteiger partial charge >= 0.3 is 0 Å². The first-order chi connectivity index (χ1) is 15.2. The number of benzene rings is 2. The van der Waals surface area contributed by atoms with Gasteiger partial charge in [0.1, 0.15) is 5.82 Å². The second-order valence-electron chi connectivity index (χ2n) is 8.35. The average molecular weight is 452 g/mol. The second-order valence-corrected chi connectivity index (χ2v) is 10.3. The molecule has 0 amide bonds. The van der Waals surface area contributed by atoms with E-state index < -0.39 is 10.0 Å². The maximum Gasteiger partial charge on any atom is 0.243 e. The first-order valence-corrected chi connectivity index (χ1v) is 12.2. The van der Waals surface area contributed by atoms with Crippen LogP contribution in [0.15, 0.2) is 53.4 Å². The van der Waals surface area contributed by atoms with E-state index >= 15 is 0 Å². The fourth-order valence-electron chi connectivity index (χ4n) is 3.80. The number of hydrogen-bond donors (Lipinski definition) is 1. The van der Waals surface area contributed by atoms with E-state index in [1.807, 2.05) is 68.1 Å². The van der Waals surface area contributed by atoms with E-state index in [2.05, 4.69) is 22.2 Å². The lowest BCUT2D eigenvalue weighted by Crippen LogP contribution is -2.49. The Morgan fingerprint density at radius 1 is 0.812 bits per heavy atom. The van der Waals surface area contributed by atoms with Gasteiger partial charge in [-0.05, 0) is 57.0 Å². The molecule has 1 fully saturated rings. The van der Waals surface area contributed by atoms with E-state index in [0.29, 0.717) is 37.0 Å². The van der Waals surface area contributed by atoms with Crippen LogP contribution >= 0.6 is 0 Å². The number of aryl methyl sites for hydroxylation is 4. The van der Waals surface area contributed by atoms with Crippen LogP contribution in [0.2, 0.25) is 0 Å². The van der Waals surface area contributed by atoms with Crippen molar-refractivity contribution < 1.29 is 8.42 Å². The minimum Gasteiger partial charge on any atom is -0.340 e. The quantitative estimate of drug-likeness (QED) is 0.633. The zero-order valence-corrected chi connectivity index (χ0v) is 19.8. The summed E-state index contributed by atoms with van der Waals surface area (Å²) in [6.45, 7) is 9.61. The number of hydrogen-bond acceptors (Lipinski definition) is 6. The molecule has 3 aromatic rings. The highest BCUT2D eigenvalue weighted by Gasteiger charge is 2.30. The molecule has 1 saturated heterocycles. The summed E-state index contributed by atoms with van der Waals surface area (Å²) in [6, 6.07) is 15.6. The normalized spacial score (nSPS) is 15.1. The Morgan fingerprint density at radius 3 is 2.16 bits per heavy atom. The summed E-state index contributed by atoms with van der Waals surface area (Å²) in [5, 5.41) is 3.33. The monoisotopic (exact) mass is 451 g/mol. The van der Waals surface area contributed by atoms with Gasteiger partial charge in [-0.15, -0.1) is 0 Å². The van der Waals surface area contributed by atoms with Crippen LogP contribution in [0.3, 0.4) is 0 Å². The lowest BCUT2D eigenvalue weighted by atomic mass is 10.2. The fourth-order valence-corrected chi connectivity index (χ4v) is 5.53. The van der Waals surface area contributed by atoms with Gasteiger partial charge in [-0.1, -0.05) is 29.8 Å². The van der Waals surface area contributed by atoms with Crippen molar-refractivity contribution in [3.63, 3.8) is 0 Å². The molecule has 0 spiro atoms. The molecule has 4 rings (SSSR count). The third kappa shape index (κ3) is 4.76. The Labute approximate surface area is 190 Å². The van der Waals surface area contributed by atoms with E-state index in [1.54, 1.807) is 10.4 Å². The van der Waals surface area contributed by atoms with E-state index in [4.69, 9.17) is 0 Å². The molecule has 2 aromatic carbocycles. The third-order valence-electron chi connectivity index (χ3n) is 5.65. The van der Waals surface area contributed by atoms with Gasteiger partial charge in [0.15, 0.2) is 0 Å². The number of anilines is 3. The van der Waals surface area contributed by atoms with Crippen molar-refractivity contribution in [1.29, 1.82) is 0 Å². The van der Waals surface area contributed by atoms with Crippen LogP contribution in [0.4, 0.5) is 17.5 Å². The van der Waals surface area contributed by atoms with Gasteiger partial charge in [0, 0.05) is 43.6 Å². The number of nitrogens with one attached hydrogen (secondary N) is 1. The maximum absolute atomic E-state index is 13.2. The average Bonchev–Trinajstić information content (AvgIpc) is 2.76. The Morgan fingerprint density at radius 2 is 1.47 bits per heavy atom. The van der Waals surface area contributed by atoms with Gasteiger partial charge in [-0.3, -0.25) is 0 Å². The Hall–Kier alpha value is -2.97. The smallest absolute Gasteiger partial charge is 0.243 e. The van der Waals surface area contributed by atoms with E-state index in [-0.39, 0.29) is 0 Å². The van der Waals surface area contributed by atoms with Crippen molar-refractivity contribution in [2.45, 2.75) is 32.6 Å². The third-order valence-corrected chi connectivity index (χ3v) is 7.69. The molecular formula is C24H29N5O2S. The first-order valence-electron chi connectivity index (χ1n) is 10.7. The number of rotatable bonds is 5. The molecule has 1 aliphatic rings. The Balaban J connectivity index is 1.49. The minimum atomic E-state index is -3.53. The molecule has 7 nitrogen and oxygen atoms in total. The fraction of sp³-hybridized carbons (Fsp3) is 0.333. The van der Waals surface area contributed by atoms with Gasteiger partial charge in [-0.25, -0.2) is 13.4 Å². The highest BCUT2D eigenvalue weighted by atomic mass is 32.2. The van der Waals surface area contributed by atoms with Crippen LogP contribution in [0, 0.1) is 27.7 Å². The van der Waals surface area contributed by atoms with Gasteiger partial charge < -0.3 is 10.2 Å². The summed E-state index contributed by atoms with van der Waals surface area (Å²) in [5.74, 6) is 1.34. The molecular weight excluding hydrogens is 422 g/mol. The highest BCUT2D eigenvalue weighted by molar-refractivity contribution is 7.89. The highest BCUT2D eigenvalue weighted by Crippen LogP contribution is 2.24. The molecule has 0 unspecified atom stereocenters. The largest absolute Gasteiger partial charge is 0.340 e. The topological polar surface area (TPSA) is 78.4 Å². The standard InChI is InChI=1S/C24H29N5O2S/c1-17-6-9-21(10-7-17)26-23-16-20(4)25-24(27-23)28-11-13-29(14-12-28)32(30,31)22-15-18(2)5-8-19(22)3/h5-10,15-16H,11-14H2,1-4H3,(H,25,26,27). The van der Waals surface area contributed by atoms with Crippen molar-refractivity contribution >= 4 is 27.5 Å².